The Morgan fingerprint density at radius 2 is 2.26 bits per heavy atom. The molecule has 5 nitrogen and oxygen atoms in total. The number of benzene rings is 1. The second kappa shape index (κ2) is 5.54. The van der Waals surface area contributed by atoms with Crippen LogP contribution in [0.5, 0.6) is 0 Å². The fraction of sp³-hybridized carbons (Fsp3) is 0.385. The summed E-state index contributed by atoms with van der Waals surface area (Å²) in [5, 5.41) is 12.6. The van der Waals surface area contributed by atoms with Gasteiger partial charge in [-0.15, -0.1) is 0 Å². The van der Waals surface area contributed by atoms with Crippen LogP contribution in [0.25, 0.3) is 10.2 Å². The number of carbonyl (C=O) groups excluding carboxylic acids is 1. The van der Waals surface area contributed by atoms with Crippen LogP contribution in [0.15, 0.2) is 18.2 Å². The van der Waals surface area contributed by atoms with Crippen molar-refractivity contribution >= 4 is 32.6 Å². The summed E-state index contributed by atoms with van der Waals surface area (Å²) in [6.07, 6.45) is 0.0978. The van der Waals surface area contributed by atoms with Gasteiger partial charge in [0.1, 0.15) is 0 Å². The Bertz CT molecular complexity index is 595. The van der Waals surface area contributed by atoms with E-state index in [2.05, 4.69) is 10.3 Å². The molecule has 6 heteroatoms. The summed E-state index contributed by atoms with van der Waals surface area (Å²) < 4.78 is 0.897. The van der Waals surface area contributed by atoms with Crippen molar-refractivity contribution in [1.29, 1.82) is 0 Å². The van der Waals surface area contributed by atoms with Crippen molar-refractivity contribution in [3.63, 3.8) is 0 Å². The third-order valence-corrected chi connectivity index (χ3v) is 3.59. The average Bonchev–Trinajstić information content (AvgIpc) is 2.66. The van der Waals surface area contributed by atoms with Crippen LogP contribution in [-0.4, -0.2) is 28.1 Å². The van der Waals surface area contributed by atoms with E-state index in [1.54, 1.807) is 25.1 Å². The quantitative estimate of drug-likeness (QED) is 0.796. The minimum Gasteiger partial charge on any atom is -0.393 e. The van der Waals surface area contributed by atoms with E-state index in [0.717, 1.165) is 10.2 Å². The highest BCUT2D eigenvalue weighted by atomic mass is 32.1. The largest absolute Gasteiger partial charge is 0.393 e. The van der Waals surface area contributed by atoms with Gasteiger partial charge in [-0.2, -0.15) is 0 Å². The molecule has 1 heterocycles. The number of carbonyl (C=O) groups is 1. The van der Waals surface area contributed by atoms with E-state index in [0.29, 0.717) is 17.1 Å². The smallest absolute Gasteiger partial charge is 0.251 e. The van der Waals surface area contributed by atoms with Crippen LogP contribution in [0, 0.1) is 0 Å². The van der Waals surface area contributed by atoms with Gasteiger partial charge in [0.15, 0.2) is 5.13 Å². The van der Waals surface area contributed by atoms with Crippen LogP contribution < -0.4 is 11.1 Å². The van der Waals surface area contributed by atoms with Crippen LogP contribution in [0.4, 0.5) is 5.13 Å². The van der Waals surface area contributed by atoms with Gasteiger partial charge in [0.05, 0.1) is 16.3 Å². The van der Waals surface area contributed by atoms with Crippen LogP contribution in [-0.2, 0) is 0 Å². The molecule has 0 spiro atoms. The number of nitrogens with two attached hydrogens (primary N) is 1. The number of nitrogens with one attached hydrogen (secondary N) is 1. The number of nitrogens with zero attached hydrogens (tertiary/aromatic N) is 1. The lowest BCUT2D eigenvalue weighted by Crippen LogP contribution is -2.34. The van der Waals surface area contributed by atoms with E-state index in [-0.39, 0.29) is 11.9 Å². The predicted molar refractivity (Wildman–Crippen MR) is 77.3 cm³/mol. The Morgan fingerprint density at radius 1 is 1.53 bits per heavy atom. The Kier molecular flexibility index (Phi) is 4.01. The highest BCUT2D eigenvalue weighted by Crippen LogP contribution is 2.24. The van der Waals surface area contributed by atoms with Gasteiger partial charge in [-0.1, -0.05) is 11.3 Å². The molecule has 0 bridgehead atoms. The molecule has 0 radical (unpaired) electrons. The minimum absolute atomic E-state index is 0.0743. The summed E-state index contributed by atoms with van der Waals surface area (Å²) in [4.78, 5) is 16.2. The zero-order chi connectivity index (χ0) is 14.0. The number of fused-ring (bicyclic) bond motifs is 1. The van der Waals surface area contributed by atoms with Gasteiger partial charge in [-0.25, -0.2) is 4.98 Å². The molecular weight excluding hydrogens is 262 g/mol. The van der Waals surface area contributed by atoms with Crippen LogP contribution in [0.3, 0.4) is 0 Å². The Hall–Kier alpha value is -1.66. The minimum atomic E-state index is -0.431. The van der Waals surface area contributed by atoms with Crippen LogP contribution in [0.1, 0.15) is 30.6 Å². The standard InChI is InChI=1S/C13H17N3O2S/c1-7(5-8(2)17)15-12(18)9-3-4-10-11(6-9)19-13(14)16-10/h3-4,6-8,17H,5H2,1-2H3,(H2,14,16)(H,15,18). The number of aromatic nitrogens is 1. The number of amides is 1. The number of aliphatic hydroxyl groups excluding tert-OH is 1. The summed E-state index contributed by atoms with van der Waals surface area (Å²) in [5.74, 6) is -0.151. The molecule has 0 saturated carbocycles. The van der Waals surface area contributed by atoms with E-state index < -0.39 is 6.10 Å². The lowest BCUT2D eigenvalue weighted by atomic mass is 10.1. The second-order valence-corrected chi connectivity index (χ2v) is 5.76. The second-order valence-electron chi connectivity index (χ2n) is 4.69. The molecule has 102 valence electrons. The van der Waals surface area contributed by atoms with Crippen molar-refractivity contribution in [3.05, 3.63) is 23.8 Å². The monoisotopic (exact) mass is 279 g/mol. The first-order valence-corrected chi connectivity index (χ1v) is 6.92. The molecule has 1 aromatic heterocycles. The van der Waals surface area contributed by atoms with Gasteiger partial charge >= 0.3 is 0 Å². The SMILES string of the molecule is CC(O)CC(C)NC(=O)c1ccc2nc(N)sc2c1. The number of hydrogen-bond donors (Lipinski definition) is 3. The van der Waals surface area contributed by atoms with E-state index in [1.165, 1.54) is 11.3 Å². The molecule has 0 fully saturated rings. The Balaban J connectivity index is 2.12. The van der Waals surface area contributed by atoms with Gasteiger partial charge in [-0.3, -0.25) is 4.79 Å². The molecule has 0 aliphatic heterocycles. The molecule has 2 aromatic rings. The first-order chi connectivity index (χ1) is 8.95. The Morgan fingerprint density at radius 3 is 2.95 bits per heavy atom. The third kappa shape index (κ3) is 3.42. The van der Waals surface area contributed by atoms with Crippen LogP contribution >= 0.6 is 11.3 Å². The zero-order valence-corrected chi connectivity index (χ0v) is 11.7. The van der Waals surface area contributed by atoms with Crippen LogP contribution in [0.2, 0.25) is 0 Å². The number of aliphatic hydroxyl groups is 1. The first-order valence-electron chi connectivity index (χ1n) is 6.10. The summed E-state index contributed by atoms with van der Waals surface area (Å²) in [6, 6.07) is 5.23. The maximum Gasteiger partial charge on any atom is 0.251 e. The molecule has 19 heavy (non-hydrogen) atoms. The van der Waals surface area contributed by atoms with Gasteiger partial charge < -0.3 is 16.2 Å². The molecular formula is C13H17N3O2S. The van der Waals surface area contributed by atoms with E-state index >= 15 is 0 Å². The average molecular weight is 279 g/mol. The zero-order valence-electron chi connectivity index (χ0n) is 10.9. The lowest BCUT2D eigenvalue weighted by Gasteiger charge is -2.15. The molecule has 2 rings (SSSR count). The van der Waals surface area contributed by atoms with E-state index in [9.17, 15) is 9.90 Å². The highest BCUT2D eigenvalue weighted by molar-refractivity contribution is 7.22. The maximum absolute atomic E-state index is 12.0. The maximum atomic E-state index is 12.0. The van der Waals surface area contributed by atoms with Crippen molar-refractivity contribution < 1.29 is 9.90 Å². The highest BCUT2D eigenvalue weighted by Gasteiger charge is 2.12. The topological polar surface area (TPSA) is 88.2 Å². The third-order valence-electron chi connectivity index (χ3n) is 2.74. The van der Waals surface area contributed by atoms with E-state index in [1.807, 2.05) is 6.92 Å². The molecule has 2 unspecified atom stereocenters. The molecule has 0 aliphatic carbocycles. The van der Waals surface area contributed by atoms with Gasteiger partial charge in [-0.05, 0) is 38.5 Å². The Labute approximate surface area is 115 Å². The molecule has 1 amide bonds. The van der Waals surface area contributed by atoms with Crippen molar-refractivity contribution in [2.24, 2.45) is 0 Å². The molecule has 1 aromatic carbocycles. The summed E-state index contributed by atoms with van der Waals surface area (Å²) >= 11 is 1.36. The number of nitrogen functional groups attached to an aromatic ring is 1. The summed E-state index contributed by atoms with van der Waals surface area (Å²) in [6.45, 7) is 3.57. The summed E-state index contributed by atoms with van der Waals surface area (Å²) in [7, 11) is 0. The fourth-order valence-electron chi connectivity index (χ4n) is 1.96. The molecule has 2 atom stereocenters. The van der Waals surface area contributed by atoms with Gasteiger partial charge in [0.25, 0.3) is 5.91 Å². The number of thiazole rings is 1. The van der Waals surface area contributed by atoms with Gasteiger partial charge in [0, 0.05) is 11.6 Å². The fourth-order valence-corrected chi connectivity index (χ4v) is 2.73. The number of rotatable bonds is 4. The first kappa shape index (κ1) is 13.8. The summed E-state index contributed by atoms with van der Waals surface area (Å²) in [5.41, 5.74) is 7.01. The number of anilines is 1. The van der Waals surface area contributed by atoms with Crippen molar-refractivity contribution in [2.75, 3.05) is 5.73 Å². The number of hydrogen-bond acceptors (Lipinski definition) is 5. The van der Waals surface area contributed by atoms with E-state index in [4.69, 9.17) is 5.73 Å². The van der Waals surface area contributed by atoms with Crippen molar-refractivity contribution in [2.45, 2.75) is 32.4 Å². The molecule has 4 N–H and O–H groups in total. The lowest BCUT2D eigenvalue weighted by molar-refractivity contribution is 0.0923. The molecule has 0 saturated heterocycles. The molecule has 0 aliphatic rings. The van der Waals surface area contributed by atoms with Gasteiger partial charge in [0.2, 0.25) is 0 Å². The van der Waals surface area contributed by atoms with Crippen molar-refractivity contribution in [3.8, 4) is 0 Å². The predicted octanol–water partition coefficient (Wildman–Crippen LogP) is 1.77. The van der Waals surface area contributed by atoms with Crippen molar-refractivity contribution in [1.82, 2.24) is 10.3 Å². The normalized spacial score (nSPS) is 14.3.